The number of likely N-dealkylation sites (tertiary alicyclic amines) is 1. The number of rotatable bonds is 3. The van der Waals surface area contributed by atoms with Gasteiger partial charge in [0.1, 0.15) is 6.61 Å². The Bertz CT molecular complexity index is 236. The number of nitrogens with zero attached hydrogens (tertiary/aromatic N) is 1. The first-order chi connectivity index (χ1) is 6.53. The summed E-state index contributed by atoms with van der Waals surface area (Å²) in [7, 11) is 1.66. The second-order valence-electron chi connectivity index (χ2n) is 3.99. The molecule has 0 aromatic rings. The Morgan fingerprint density at radius 1 is 1.71 bits per heavy atom. The molecule has 2 atom stereocenters. The number of hydrogen-bond acceptors (Lipinski definition) is 3. The summed E-state index contributed by atoms with van der Waals surface area (Å²) in [6.07, 6.45) is 3.88. The zero-order valence-electron chi connectivity index (χ0n) is 8.73. The Labute approximate surface area is 84.3 Å². The van der Waals surface area contributed by atoms with Gasteiger partial charge >= 0.3 is 5.97 Å². The van der Waals surface area contributed by atoms with Crippen molar-refractivity contribution in [2.45, 2.75) is 13.3 Å². The average Bonchev–Trinajstić information content (AvgIpc) is 2.43. The van der Waals surface area contributed by atoms with E-state index in [0.717, 1.165) is 6.42 Å². The minimum Gasteiger partial charge on any atom is -0.633 e. The Kier molecular flexibility index (Phi) is 3.66. The van der Waals surface area contributed by atoms with Crippen LogP contribution in [0.5, 0.6) is 0 Å². The molecule has 1 rings (SSSR count). The van der Waals surface area contributed by atoms with Gasteiger partial charge in [-0.3, -0.25) is 0 Å². The van der Waals surface area contributed by atoms with Gasteiger partial charge in [-0.05, 0) is 6.92 Å². The summed E-state index contributed by atoms with van der Waals surface area (Å²) in [6.45, 7) is 3.33. The van der Waals surface area contributed by atoms with E-state index in [1.54, 1.807) is 20.0 Å². The van der Waals surface area contributed by atoms with E-state index in [0.29, 0.717) is 19.7 Å². The van der Waals surface area contributed by atoms with Gasteiger partial charge in [0.2, 0.25) is 0 Å². The summed E-state index contributed by atoms with van der Waals surface area (Å²) in [4.78, 5) is 11.0. The minimum atomic E-state index is -0.320. The zero-order valence-corrected chi connectivity index (χ0v) is 8.73. The number of quaternary nitrogens is 1. The first-order valence-electron chi connectivity index (χ1n) is 4.88. The molecule has 4 nitrogen and oxygen atoms in total. The molecule has 4 heteroatoms. The third kappa shape index (κ3) is 3.47. The fourth-order valence-electron chi connectivity index (χ4n) is 1.70. The second kappa shape index (κ2) is 4.57. The van der Waals surface area contributed by atoms with Gasteiger partial charge in [-0.1, -0.05) is 6.08 Å². The van der Waals surface area contributed by atoms with Crippen molar-refractivity contribution in [3.05, 3.63) is 17.4 Å². The molecule has 1 aliphatic rings. The molecule has 1 fully saturated rings. The van der Waals surface area contributed by atoms with Crippen LogP contribution < -0.4 is 0 Å². The van der Waals surface area contributed by atoms with E-state index < -0.39 is 0 Å². The number of esters is 1. The first kappa shape index (κ1) is 11.2. The SMILES string of the molecule is CC=CC(=O)OCC1CC[N+](C)([O-])C1. The molecule has 0 aromatic heterocycles. The number of ether oxygens (including phenoxy) is 1. The third-order valence-corrected chi connectivity index (χ3v) is 2.42. The molecule has 1 aliphatic heterocycles. The second-order valence-corrected chi connectivity index (χ2v) is 3.99. The Balaban J connectivity index is 2.24. The number of carbonyl (C=O) groups is 1. The summed E-state index contributed by atoms with van der Waals surface area (Å²) in [5.41, 5.74) is 0. The van der Waals surface area contributed by atoms with E-state index in [9.17, 15) is 10.0 Å². The molecule has 80 valence electrons. The van der Waals surface area contributed by atoms with Crippen molar-refractivity contribution in [1.29, 1.82) is 0 Å². The topological polar surface area (TPSA) is 49.4 Å². The van der Waals surface area contributed by atoms with Gasteiger partial charge in [-0.15, -0.1) is 0 Å². The highest BCUT2D eigenvalue weighted by Crippen LogP contribution is 2.21. The van der Waals surface area contributed by atoms with E-state index in [1.807, 2.05) is 0 Å². The average molecular weight is 199 g/mol. The lowest BCUT2D eigenvalue weighted by atomic mass is 10.1. The third-order valence-electron chi connectivity index (χ3n) is 2.42. The highest BCUT2D eigenvalue weighted by molar-refractivity contribution is 5.81. The molecule has 0 N–H and O–H groups in total. The number of hydrogen-bond donors (Lipinski definition) is 0. The number of allylic oxidation sites excluding steroid dienone is 1. The maximum Gasteiger partial charge on any atom is 0.330 e. The van der Waals surface area contributed by atoms with Crippen LogP contribution in [0.4, 0.5) is 0 Å². The van der Waals surface area contributed by atoms with Crippen LogP contribution in [0.25, 0.3) is 0 Å². The van der Waals surface area contributed by atoms with Crippen LogP contribution in [0.2, 0.25) is 0 Å². The number of hydroxylamine groups is 3. The normalized spacial score (nSPS) is 32.4. The van der Waals surface area contributed by atoms with Gasteiger partial charge < -0.3 is 14.6 Å². The van der Waals surface area contributed by atoms with Crippen LogP contribution in [0, 0.1) is 11.1 Å². The molecule has 0 bridgehead atoms. The maximum atomic E-state index is 11.5. The summed E-state index contributed by atoms with van der Waals surface area (Å²) in [6, 6.07) is 0. The zero-order chi connectivity index (χ0) is 10.6. The minimum absolute atomic E-state index is 0.203. The standard InChI is InChI=1S/C10H17NO3/c1-3-4-10(12)14-8-9-5-6-11(2,13)7-9/h3-4,9H,5-8H2,1-2H3. The van der Waals surface area contributed by atoms with Crippen LogP contribution in [0.1, 0.15) is 13.3 Å². The van der Waals surface area contributed by atoms with E-state index in [2.05, 4.69) is 0 Å². The lowest BCUT2D eigenvalue weighted by Crippen LogP contribution is -2.34. The van der Waals surface area contributed by atoms with E-state index >= 15 is 0 Å². The summed E-state index contributed by atoms with van der Waals surface area (Å²) in [5, 5.41) is 11.5. The van der Waals surface area contributed by atoms with Crippen molar-refractivity contribution in [2.75, 3.05) is 26.7 Å². The van der Waals surface area contributed by atoms with Crippen molar-refractivity contribution < 1.29 is 14.2 Å². The fourth-order valence-corrected chi connectivity index (χ4v) is 1.70. The van der Waals surface area contributed by atoms with Crippen LogP contribution in [0.3, 0.4) is 0 Å². The molecule has 14 heavy (non-hydrogen) atoms. The summed E-state index contributed by atoms with van der Waals surface area (Å²) >= 11 is 0. The van der Waals surface area contributed by atoms with E-state index in [1.165, 1.54) is 6.08 Å². The summed E-state index contributed by atoms with van der Waals surface area (Å²) in [5.74, 6) is -0.0915. The van der Waals surface area contributed by atoms with E-state index in [4.69, 9.17) is 4.74 Å². The monoisotopic (exact) mass is 199 g/mol. The highest BCUT2D eigenvalue weighted by Gasteiger charge is 2.28. The molecule has 0 aromatic carbocycles. The first-order valence-corrected chi connectivity index (χ1v) is 4.88. The van der Waals surface area contributed by atoms with Crippen molar-refractivity contribution in [3.63, 3.8) is 0 Å². The van der Waals surface area contributed by atoms with Gasteiger partial charge in [0.15, 0.2) is 0 Å². The van der Waals surface area contributed by atoms with Crippen molar-refractivity contribution >= 4 is 5.97 Å². The predicted molar refractivity (Wildman–Crippen MR) is 53.2 cm³/mol. The molecule has 0 saturated carbocycles. The van der Waals surface area contributed by atoms with Crippen molar-refractivity contribution in [2.24, 2.45) is 5.92 Å². The summed E-state index contributed by atoms with van der Waals surface area (Å²) < 4.78 is 4.78. The van der Waals surface area contributed by atoms with Crippen LogP contribution in [-0.4, -0.2) is 37.4 Å². The van der Waals surface area contributed by atoms with E-state index in [-0.39, 0.29) is 16.5 Å². The lowest BCUT2D eigenvalue weighted by Gasteiger charge is -2.33. The molecule has 0 amide bonds. The smallest absolute Gasteiger partial charge is 0.330 e. The molecular formula is C10H17NO3. The van der Waals surface area contributed by atoms with Gasteiger partial charge in [0.05, 0.1) is 20.1 Å². The van der Waals surface area contributed by atoms with Crippen LogP contribution in [-0.2, 0) is 9.53 Å². The molecule has 0 aliphatic carbocycles. The predicted octanol–water partition coefficient (Wildman–Crippen LogP) is 1.07. The van der Waals surface area contributed by atoms with Crippen molar-refractivity contribution in [3.8, 4) is 0 Å². The molecular weight excluding hydrogens is 182 g/mol. The number of carbonyl (C=O) groups excluding carboxylic acids is 1. The largest absolute Gasteiger partial charge is 0.633 e. The van der Waals surface area contributed by atoms with Crippen molar-refractivity contribution in [1.82, 2.24) is 0 Å². The van der Waals surface area contributed by atoms with Gasteiger partial charge in [-0.25, -0.2) is 4.79 Å². The highest BCUT2D eigenvalue weighted by atomic mass is 16.5. The Hall–Kier alpha value is -0.870. The Morgan fingerprint density at radius 2 is 2.43 bits per heavy atom. The molecule has 1 saturated heterocycles. The molecule has 0 radical (unpaired) electrons. The molecule has 1 heterocycles. The van der Waals surface area contributed by atoms with Crippen LogP contribution in [0.15, 0.2) is 12.2 Å². The molecule has 2 unspecified atom stereocenters. The lowest BCUT2D eigenvalue weighted by molar-refractivity contribution is -0.849. The quantitative estimate of drug-likeness (QED) is 0.295. The fraction of sp³-hybridized carbons (Fsp3) is 0.700. The molecule has 0 spiro atoms. The maximum absolute atomic E-state index is 11.5. The van der Waals surface area contributed by atoms with Gasteiger partial charge in [0.25, 0.3) is 0 Å². The van der Waals surface area contributed by atoms with Crippen LogP contribution >= 0.6 is 0 Å². The van der Waals surface area contributed by atoms with Gasteiger partial charge in [-0.2, -0.15) is 0 Å². The Morgan fingerprint density at radius 3 is 2.93 bits per heavy atom. The van der Waals surface area contributed by atoms with Gasteiger partial charge in [0, 0.05) is 18.4 Å².